The highest BCUT2D eigenvalue weighted by atomic mass is 19.4. The second-order valence-corrected chi connectivity index (χ2v) is 8.17. The van der Waals surface area contributed by atoms with Gasteiger partial charge in [-0.3, -0.25) is 4.79 Å². The Kier molecular flexibility index (Phi) is 5.77. The molecular formula is C23H22F3N3O3. The molecule has 1 saturated heterocycles. The van der Waals surface area contributed by atoms with Crippen molar-refractivity contribution in [2.75, 3.05) is 18.0 Å². The number of ketones is 1. The summed E-state index contributed by atoms with van der Waals surface area (Å²) in [5.74, 6) is -1.76. The minimum atomic E-state index is -4.84. The number of anilines is 1. The average Bonchev–Trinajstić information content (AvgIpc) is 3.22. The Bertz CT molecular complexity index is 1080. The molecule has 0 spiro atoms. The summed E-state index contributed by atoms with van der Waals surface area (Å²) >= 11 is 0. The van der Waals surface area contributed by atoms with Crippen LogP contribution in [-0.2, 0) is 12.6 Å². The van der Waals surface area contributed by atoms with Crippen molar-refractivity contribution in [1.82, 2.24) is 9.97 Å². The molecule has 2 aromatic heterocycles. The number of carbonyl (C=O) groups excluding carboxylic acids is 1. The largest absolute Gasteiger partial charge is 0.452 e. The number of pyridine rings is 1. The van der Waals surface area contributed by atoms with Crippen molar-refractivity contribution >= 4 is 11.6 Å². The van der Waals surface area contributed by atoms with E-state index in [1.807, 2.05) is 4.90 Å². The SMILES string of the molecule is CC1(O)CCN(c2ccc(CC(=O)c3nc(-c4ccccc4)oc3C(F)(F)F)cn2)CC1. The summed E-state index contributed by atoms with van der Waals surface area (Å²) in [6, 6.07) is 11.5. The molecule has 0 atom stereocenters. The Balaban J connectivity index is 1.52. The number of aliphatic hydroxyl groups is 1. The number of Topliss-reactive ketones (excluding diaryl/α,β-unsaturated/α-hetero) is 1. The Morgan fingerprint density at radius 3 is 2.44 bits per heavy atom. The molecule has 9 heteroatoms. The minimum Gasteiger partial charge on any atom is -0.431 e. The van der Waals surface area contributed by atoms with Gasteiger partial charge >= 0.3 is 6.18 Å². The summed E-state index contributed by atoms with van der Waals surface area (Å²) in [7, 11) is 0. The minimum absolute atomic E-state index is 0.254. The number of nitrogens with zero attached hydrogens (tertiary/aromatic N) is 3. The number of hydrogen-bond donors (Lipinski definition) is 1. The number of hydrogen-bond acceptors (Lipinski definition) is 6. The second kappa shape index (κ2) is 8.38. The number of rotatable bonds is 5. The first-order chi connectivity index (χ1) is 15.1. The van der Waals surface area contributed by atoms with Gasteiger partial charge in [0.05, 0.1) is 5.60 Å². The number of benzene rings is 1. The van der Waals surface area contributed by atoms with Gasteiger partial charge in [-0.15, -0.1) is 0 Å². The molecule has 0 saturated carbocycles. The summed E-state index contributed by atoms with van der Waals surface area (Å²) in [6.45, 7) is 3.09. The highest BCUT2D eigenvalue weighted by molar-refractivity contribution is 5.97. The molecule has 3 aromatic rings. The monoisotopic (exact) mass is 445 g/mol. The molecule has 1 fully saturated rings. The van der Waals surface area contributed by atoms with Gasteiger partial charge in [-0.25, -0.2) is 9.97 Å². The fourth-order valence-electron chi connectivity index (χ4n) is 3.60. The summed E-state index contributed by atoms with van der Waals surface area (Å²) in [5, 5.41) is 10.1. The van der Waals surface area contributed by atoms with Gasteiger partial charge in [0.1, 0.15) is 5.82 Å². The van der Waals surface area contributed by atoms with Crippen molar-refractivity contribution < 1.29 is 27.5 Å². The lowest BCUT2D eigenvalue weighted by molar-refractivity contribution is -0.153. The lowest BCUT2D eigenvalue weighted by Crippen LogP contribution is -2.42. The highest BCUT2D eigenvalue weighted by Crippen LogP contribution is 2.35. The Morgan fingerprint density at radius 1 is 1.16 bits per heavy atom. The van der Waals surface area contributed by atoms with Gasteiger partial charge in [-0.05, 0) is 43.5 Å². The van der Waals surface area contributed by atoms with Crippen molar-refractivity contribution in [3.05, 3.63) is 65.7 Å². The van der Waals surface area contributed by atoms with E-state index < -0.39 is 29.0 Å². The van der Waals surface area contributed by atoms with E-state index >= 15 is 0 Å². The lowest BCUT2D eigenvalue weighted by atomic mass is 9.94. The zero-order chi connectivity index (χ0) is 22.9. The van der Waals surface area contributed by atoms with Crippen molar-refractivity contribution in [2.45, 2.75) is 38.0 Å². The number of piperidine rings is 1. The van der Waals surface area contributed by atoms with Gasteiger partial charge in [-0.2, -0.15) is 13.2 Å². The predicted octanol–water partition coefficient (Wildman–Crippen LogP) is 4.53. The van der Waals surface area contributed by atoms with Crippen LogP contribution in [0.15, 0.2) is 53.1 Å². The fourth-order valence-corrected chi connectivity index (χ4v) is 3.60. The third kappa shape index (κ3) is 4.83. The number of carbonyl (C=O) groups is 1. The third-order valence-corrected chi connectivity index (χ3v) is 5.51. The van der Waals surface area contributed by atoms with Crippen LogP contribution in [0, 0.1) is 0 Å². The normalized spacial score (nSPS) is 16.2. The smallest absolute Gasteiger partial charge is 0.431 e. The van der Waals surface area contributed by atoms with E-state index in [-0.39, 0.29) is 12.3 Å². The predicted molar refractivity (Wildman–Crippen MR) is 111 cm³/mol. The quantitative estimate of drug-likeness (QED) is 0.582. The zero-order valence-electron chi connectivity index (χ0n) is 17.4. The molecule has 1 N–H and O–H groups in total. The van der Waals surface area contributed by atoms with Gasteiger partial charge in [0, 0.05) is 31.3 Å². The van der Waals surface area contributed by atoms with E-state index in [0.29, 0.717) is 42.9 Å². The van der Waals surface area contributed by atoms with Crippen LogP contribution in [-0.4, -0.2) is 39.5 Å². The molecule has 4 rings (SSSR count). The van der Waals surface area contributed by atoms with Crippen LogP contribution in [0.4, 0.5) is 19.0 Å². The van der Waals surface area contributed by atoms with Crippen molar-refractivity contribution in [2.24, 2.45) is 0 Å². The zero-order valence-corrected chi connectivity index (χ0v) is 17.4. The van der Waals surface area contributed by atoms with Crippen LogP contribution >= 0.6 is 0 Å². The standard InChI is InChI=1S/C23H22F3N3O3/c1-22(31)9-11-29(12-10-22)18-8-7-15(14-27-18)13-17(30)19-20(23(24,25)26)32-21(28-19)16-5-3-2-4-6-16/h2-8,14,31H,9-13H2,1H3. The van der Waals surface area contributed by atoms with Crippen LogP contribution in [0.3, 0.4) is 0 Å². The lowest BCUT2D eigenvalue weighted by Gasteiger charge is -2.36. The fraction of sp³-hybridized carbons (Fsp3) is 0.348. The van der Waals surface area contributed by atoms with Crippen LogP contribution < -0.4 is 4.90 Å². The maximum absolute atomic E-state index is 13.5. The third-order valence-electron chi connectivity index (χ3n) is 5.51. The first-order valence-electron chi connectivity index (χ1n) is 10.2. The summed E-state index contributed by atoms with van der Waals surface area (Å²) in [5.41, 5.74) is -0.600. The molecule has 32 heavy (non-hydrogen) atoms. The van der Waals surface area contributed by atoms with Crippen LogP contribution in [0.2, 0.25) is 0 Å². The Morgan fingerprint density at radius 2 is 1.84 bits per heavy atom. The Hall–Kier alpha value is -3.20. The van der Waals surface area contributed by atoms with Crippen molar-refractivity contribution in [1.29, 1.82) is 0 Å². The number of alkyl halides is 3. The van der Waals surface area contributed by atoms with Gasteiger partial charge in [-0.1, -0.05) is 24.3 Å². The van der Waals surface area contributed by atoms with E-state index in [9.17, 15) is 23.1 Å². The van der Waals surface area contributed by atoms with Crippen LogP contribution in [0.5, 0.6) is 0 Å². The maximum Gasteiger partial charge on any atom is 0.452 e. The van der Waals surface area contributed by atoms with E-state index in [2.05, 4.69) is 9.97 Å². The summed E-state index contributed by atoms with van der Waals surface area (Å²) in [6.07, 6.45) is -2.42. The van der Waals surface area contributed by atoms with E-state index in [1.165, 1.54) is 6.20 Å². The van der Waals surface area contributed by atoms with Crippen LogP contribution in [0.1, 0.15) is 41.6 Å². The summed E-state index contributed by atoms with van der Waals surface area (Å²) < 4.78 is 45.3. The molecule has 1 aromatic carbocycles. The van der Waals surface area contributed by atoms with Gasteiger partial charge in [0.2, 0.25) is 11.7 Å². The molecule has 0 bridgehead atoms. The molecule has 3 heterocycles. The van der Waals surface area contributed by atoms with Gasteiger partial charge in [0.15, 0.2) is 11.5 Å². The highest BCUT2D eigenvalue weighted by Gasteiger charge is 2.41. The first-order valence-corrected chi connectivity index (χ1v) is 10.2. The topological polar surface area (TPSA) is 79.5 Å². The number of aromatic nitrogens is 2. The van der Waals surface area contributed by atoms with E-state index in [1.54, 1.807) is 49.4 Å². The molecule has 6 nitrogen and oxygen atoms in total. The summed E-state index contributed by atoms with van der Waals surface area (Å²) in [4.78, 5) is 22.9. The Labute approximate surface area is 182 Å². The molecule has 0 radical (unpaired) electrons. The molecule has 1 aliphatic heterocycles. The molecular weight excluding hydrogens is 423 g/mol. The number of halogens is 3. The van der Waals surface area contributed by atoms with Gasteiger partial charge < -0.3 is 14.4 Å². The maximum atomic E-state index is 13.5. The van der Waals surface area contributed by atoms with Gasteiger partial charge in [0.25, 0.3) is 0 Å². The van der Waals surface area contributed by atoms with Crippen LogP contribution in [0.25, 0.3) is 11.5 Å². The van der Waals surface area contributed by atoms with Crippen molar-refractivity contribution in [3.8, 4) is 11.5 Å². The molecule has 0 unspecified atom stereocenters. The number of oxazole rings is 1. The van der Waals surface area contributed by atoms with E-state index in [4.69, 9.17) is 4.42 Å². The average molecular weight is 445 g/mol. The molecule has 168 valence electrons. The molecule has 0 amide bonds. The van der Waals surface area contributed by atoms with Crippen molar-refractivity contribution in [3.63, 3.8) is 0 Å². The molecule has 0 aliphatic carbocycles. The van der Waals surface area contributed by atoms with E-state index in [0.717, 1.165) is 0 Å². The first kappa shape index (κ1) is 22.0. The molecule has 1 aliphatic rings. The second-order valence-electron chi connectivity index (χ2n) is 8.17.